The highest BCUT2D eigenvalue weighted by Gasteiger charge is 2.05. The third kappa shape index (κ3) is 1.13. The first-order valence-corrected chi connectivity index (χ1v) is 3.43. The van der Waals surface area contributed by atoms with E-state index in [1.54, 1.807) is 0 Å². The predicted octanol–water partition coefficient (Wildman–Crippen LogP) is 2.34. The van der Waals surface area contributed by atoms with Crippen LogP contribution in [0.15, 0.2) is 35.2 Å². The maximum atomic E-state index is 3.89. The zero-order valence-corrected chi connectivity index (χ0v) is 6.78. The molecule has 0 radical (unpaired) electrons. The Kier molecular flexibility index (Phi) is 1.66. The van der Waals surface area contributed by atoms with Crippen LogP contribution in [0, 0.1) is 0 Å². The van der Waals surface area contributed by atoms with Gasteiger partial charge in [-0.2, -0.15) is 0 Å². The molecule has 1 heteroatoms. The Labute approximate surface area is 62.1 Å². The Bertz CT molecular complexity index is 231. The zero-order valence-electron chi connectivity index (χ0n) is 6.78. The molecule has 0 atom stereocenters. The van der Waals surface area contributed by atoms with Gasteiger partial charge in [-0.25, -0.2) is 0 Å². The second-order valence-corrected chi connectivity index (χ2v) is 2.74. The molecule has 1 aliphatic rings. The molecule has 10 heavy (non-hydrogen) atoms. The molecular formula is C9H13N. The summed E-state index contributed by atoms with van der Waals surface area (Å²) in [5.41, 5.74) is 4.76. The van der Waals surface area contributed by atoms with E-state index in [-0.39, 0.29) is 0 Å². The number of hydrogen-bond donors (Lipinski definition) is 1. The SMILES string of the molecule is C=C1NC(C)=CC(C)=C1C. The minimum absolute atomic E-state index is 1.03. The number of hydrogen-bond acceptors (Lipinski definition) is 1. The molecule has 0 unspecified atom stereocenters. The molecule has 0 amide bonds. The van der Waals surface area contributed by atoms with Gasteiger partial charge in [0.2, 0.25) is 0 Å². The van der Waals surface area contributed by atoms with E-state index < -0.39 is 0 Å². The minimum atomic E-state index is 1.03. The summed E-state index contributed by atoms with van der Waals surface area (Å²) in [5.74, 6) is 0. The minimum Gasteiger partial charge on any atom is -0.359 e. The van der Waals surface area contributed by atoms with Crippen LogP contribution >= 0.6 is 0 Å². The van der Waals surface area contributed by atoms with E-state index in [0.717, 1.165) is 5.70 Å². The van der Waals surface area contributed by atoms with Crippen molar-refractivity contribution in [2.45, 2.75) is 20.8 Å². The third-order valence-corrected chi connectivity index (χ3v) is 1.83. The van der Waals surface area contributed by atoms with Crippen LogP contribution in [-0.2, 0) is 0 Å². The van der Waals surface area contributed by atoms with Crippen LogP contribution < -0.4 is 5.32 Å². The largest absolute Gasteiger partial charge is 0.359 e. The monoisotopic (exact) mass is 135 g/mol. The van der Waals surface area contributed by atoms with E-state index in [1.807, 2.05) is 6.92 Å². The summed E-state index contributed by atoms with van der Waals surface area (Å²) in [4.78, 5) is 0. The topological polar surface area (TPSA) is 12.0 Å². The van der Waals surface area contributed by atoms with Crippen molar-refractivity contribution in [3.8, 4) is 0 Å². The lowest BCUT2D eigenvalue weighted by Gasteiger charge is -2.17. The molecule has 1 rings (SSSR count). The Morgan fingerprint density at radius 2 is 1.90 bits per heavy atom. The molecule has 1 N–H and O–H groups in total. The fourth-order valence-corrected chi connectivity index (χ4v) is 1.04. The molecule has 0 aromatic heterocycles. The molecule has 0 bridgehead atoms. The van der Waals surface area contributed by atoms with Gasteiger partial charge in [0.15, 0.2) is 0 Å². The molecule has 0 fully saturated rings. The van der Waals surface area contributed by atoms with Crippen molar-refractivity contribution in [2.24, 2.45) is 0 Å². The molecule has 1 heterocycles. The van der Waals surface area contributed by atoms with Gasteiger partial charge < -0.3 is 5.32 Å². The van der Waals surface area contributed by atoms with Crippen molar-refractivity contribution < 1.29 is 0 Å². The maximum absolute atomic E-state index is 3.89. The Hall–Kier alpha value is -0.980. The number of dihydropyridines is 1. The molecule has 0 aromatic carbocycles. The van der Waals surface area contributed by atoms with Crippen molar-refractivity contribution in [2.75, 3.05) is 0 Å². The molecular weight excluding hydrogens is 122 g/mol. The van der Waals surface area contributed by atoms with Crippen molar-refractivity contribution in [1.29, 1.82) is 0 Å². The lowest BCUT2D eigenvalue weighted by atomic mass is 10.0. The molecule has 54 valence electrons. The van der Waals surface area contributed by atoms with Gasteiger partial charge in [0.05, 0.1) is 0 Å². The van der Waals surface area contributed by atoms with Crippen molar-refractivity contribution in [1.82, 2.24) is 5.32 Å². The summed E-state index contributed by atoms with van der Waals surface area (Å²) in [7, 11) is 0. The molecule has 0 aliphatic carbocycles. The molecule has 0 saturated carbocycles. The Morgan fingerprint density at radius 1 is 1.30 bits per heavy atom. The maximum Gasteiger partial charge on any atom is 0.0341 e. The van der Waals surface area contributed by atoms with E-state index >= 15 is 0 Å². The standard InChI is InChI=1S/C9H13N/c1-6-5-7(2)10-9(4)8(6)3/h5,10H,4H2,1-3H3. The lowest BCUT2D eigenvalue weighted by Crippen LogP contribution is -2.15. The van der Waals surface area contributed by atoms with E-state index in [2.05, 4.69) is 31.8 Å². The third-order valence-electron chi connectivity index (χ3n) is 1.83. The first kappa shape index (κ1) is 7.13. The second kappa shape index (κ2) is 2.33. The second-order valence-electron chi connectivity index (χ2n) is 2.74. The van der Waals surface area contributed by atoms with Crippen molar-refractivity contribution in [3.05, 3.63) is 35.2 Å². The quantitative estimate of drug-likeness (QED) is 0.537. The van der Waals surface area contributed by atoms with Gasteiger partial charge in [0.1, 0.15) is 0 Å². The molecule has 1 nitrogen and oxygen atoms in total. The van der Waals surface area contributed by atoms with E-state index in [4.69, 9.17) is 0 Å². The summed E-state index contributed by atoms with van der Waals surface area (Å²) < 4.78 is 0. The van der Waals surface area contributed by atoms with E-state index in [1.165, 1.54) is 16.8 Å². The highest BCUT2D eigenvalue weighted by atomic mass is 14.9. The highest BCUT2D eigenvalue weighted by Crippen LogP contribution is 2.18. The van der Waals surface area contributed by atoms with Crippen molar-refractivity contribution in [3.63, 3.8) is 0 Å². The predicted molar refractivity (Wildman–Crippen MR) is 44.4 cm³/mol. The summed E-state index contributed by atoms with van der Waals surface area (Å²) in [6, 6.07) is 0. The Morgan fingerprint density at radius 3 is 2.40 bits per heavy atom. The average Bonchev–Trinajstić information content (AvgIpc) is 1.82. The fourth-order valence-electron chi connectivity index (χ4n) is 1.04. The van der Waals surface area contributed by atoms with Gasteiger partial charge in [-0.15, -0.1) is 0 Å². The normalized spacial score (nSPS) is 18.7. The average molecular weight is 135 g/mol. The van der Waals surface area contributed by atoms with Crippen LogP contribution in [0.2, 0.25) is 0 Å². The van der Waals surface area contributed by atoms with Crippen LogP contribution in [0.4, 0.5) is 0 Å². The number of allylic oxidation sites excluding steroid dienone is 4. The van der Waals surface area contributed by atoms with Gasteiger partial charge in [-0.1, -0.05) is 6.58 Å². The van der Waals surface area contributed by atoms with Crippen LogP contribution in [0.25, 0.3) is 0 Å². The molecule has 0 spiro atoms. The first-order valence-electron chi connectivity index (χ1n) is 3.43. The van der Waals surface area contributed by atoms with Gasteiger partial charge >= 0.3 is 0 Å². The number of nitrogens with one attached hydrogen (secondary N) is 1. The van der Waals surface area contributed by atoms with Crippen molar-refractivity contribution >= 4 is 0 Å². The summed E-state index contributed by atoms with van der Waals surface area (Å²) in [6.45, 7) is 10.1. The van der Waals surface area contributed by atoms with E-state index in [9.17, 15) is 0 Å². The Balaban J connectivity index is 3.03. The van der Waals surface area contributed by atoms with E-state index in [0.29, 0.717) is 0 Å². The lowest BCUT2D eigenvalue weighted by molar-refractivity contribution is 0.947. The number of rotatable bonds is 0. The first-order chi connectivity index (χ1) is 4.61. The van der Waals surface area contributed by atoms with Gasteiger partial charge in [0.25, 0.3) is 0 Å². The van der Waals surface area contributed by atoms with Crippen LogP contribution in [0.5, 0.6) is 0 Å². The molecule has 0 saturated heterocycles. The van der Waals surface area contributed by atoms with Crippen LogP contribution in [-0.4, -0.2) is 0 Å². The van der Waals surface area contributed by atoms with Gasteiger partial charge in [-0.3, -0.25) is 0 Å². The summed E-state index contributed by atoms with van der Waals surface area (Å²) >= 11 is 0. The highest BCUT2D eigenvalue weighted by molar-refractivity contribution is 5.42. The zero-order chi connectivity index (χ0) is 7.72. The van der Waals surface area contributed by atoms with Crippen LogP contribution in [0.1, 0.15) is 20.8 Å². The smallest absolute Gasteiger partial charge is 0.0341 e. The van der Waals surface area contributed by atoms with Crippen LogP contribution in [0.3, 0.4) is 0 Å². The molecule has 1 aliphatic heterocycles. The fraction of sp³-hybridized carbons (Fsp3) is 0.333. The van der Waals surface area contributed by atoms with Gasteiger partial charge in [-0.05, 0) is 38.0 Å². The van der Waals surface area contributed by atoms with Gasteiger partial charge in [0, 0.05) is 11.4 Å². The molecule has 0 aromatic rings. The summed E-state index contributed by atoms with van der Waals surface area (Å²) in [5, 5.41) is 3.17. The summed E-state index contributed by atoms with van der Waals surface area (Å²) in [6.07, 6.45) is 2.13.